The number of hydrogen-bond acceptors (Lipinski definition) is 5. The Morgan fingerprint density at radius 1 is 1.00 bits per heavy atom. The molecule has 3 aromatic rings. The third-order valence-corrected chi connectivity index (χ3v) is 4.28. The van der Waals surface area contributed by atoms with Gasteiger partial charge in [-0.1, -0.05) is 36.4 Å². The molecule has 0 radical (unpaired) electrons. The second kappa shape index (κ2) is 8.33. The van der Waals surface area contributed by atoms with Crippen molar-refractivity contribution in [3.63, 3.8) is 0 Å². The molecular formula is C21H20N2O4. The van der Waals surface area contributed by atoms with Gasteiger partial charge in [0, 0.05) is 12.6 Å². The number of nitro benzene ring substituents is 1. The highest BCUT2D eigenvalue weighted by Gasteiger charge is 2.13. The summed E-state index contributed by atoms with van der Waals surface area (Å²) in [6, 6.07) is 20.3. The van der Waals surface area contributed by atoms with E-state index >= 15 is 0 Å². The molecule has 6 nitrogen and oxygen atoms in total. The number of anilines is 1. The summed E-state index contributed by atoms with van der Waals surface area (Å²) in [6.07, 6.45) is 0. The number of aliphatic hydroxyl groups is 1. The fraction of sp³-hybridized carbons (Fsp3) is 0.143. The van der Waals surface area contributed by atoms with Crippen LogP contribution in [0, 0.1) is 10.1 Å². The minimum Gasteiger partial charge on any atom is -0.497 e. The van der Waals surface area contributed by atoms with Gasteiger partial charge in [-0.2, -0.15) is 0 Å². The summed E-state index contributed by atoms with van der Waals surface area (Å²) >= 11 is 0. The molecule has 0 amide bonds. The van der Waals surface area contributed by atoms with Crippen LogP contribution in [0.1, 0.15) is 11.1 Å². The molecule has 0 aliphatic heterocycles. The third-order valence-electron chi connectivity index (χ3n) is 4.28. The van der Waals surface area contributed by atoms with E-state index in [4.69, 9.17) is 4.74 Å². The van der Waals surface area contributed by atoms with Crippen LogP contribution in [0.3, 0.4) is 0 Å². The standard InChI is InChI=1S/C21H20N2O4/c1-27-19-4-2-3-18(12-19)17-8-5-15(6-9-17)13-22-20-11-16(14-24)7-10-21(20)23(25)26/h2-12,22,24H,13-14H2,1H3. The summed E-state index contributed by atoms with van der Waals surface area (Å²) < 4.78 is 5.25. The van der Waals surface area contributed by atoms with Crippen LogP contribution in [0.2, 0.25) is 0 Å². The normalized spacial score (nSPS) is 10.4. The molecule has 0 spiro atoms. The Bertz CT molecular complexity index is 939. The number of nitrogens with one attached hydrogen (secondary N) is 1. The molecule has 138 valence electrons. The molecule has 6 heteroatoms. The maximum absolute atomic E-state index is 11.2. The number of ether oxygens (including phenoxy) is 1. The van der Waals surface area contributed by atoms with Crippen LogP contribution in [0.4, 0.5) is 11.4 Å². The molecule has 3 aromatic carbocycles. The van der Waals surface area contributed by atoms with Crippen LogP contribution in [-0.2, 0) is 13.2 Å². The van der Waals surface area contributed by atoms with Crippen molar-refractivity contribution in [2.45, 2.75) is 13.2 Å². The van der Waals surface area contributed by atoms with Gasteiger partial charge in [0.15, 0.2) is 0 Å². The van der Waals surface area contributed by atoms with Gasteiger partial charge in [0.1, 0.15) is 11.4 Å². The molecule has 0 heterocycles. The molecule has 0 saturated heterocycles. The monoisotopic (exact) mass is 364 g/mol. The van der Waals surface area contributed by atoms with Crippen molar-refractivity contribution in [2.75, 3.05) is 12.4 Å². The highest BCUT2D eigenvalue weighted by atomic mass is 16.6. The molecular weight excluding hydrogens is 344 g/mol. The van der Waals surface area contributed by atoms with Gasteiger partial charge in [0.05, 0.1) is 18.6 Å². The zero-order valence-electron chi connectivity index (χ0n) is 14.9. The lowest BCUT2D eigenvalue weighted by Gasteiger charge is -2.10. The first kappa shape index (κ1) is 18.4. The van der Waals surface area contributed by atoms with Gasteiger partial charge >= 0.3 is 0 Å². The molecule has 0 bridgehead atoms. The van der Waals surface area contributed by atoms with E-state index in [9.17, 15) is 15.2 Å². The Hall–Kier alpha value is -3.38. The summed E-state index contributed by atoms with van der Waals surface area (Å²) in [5, 5.41) is 23.5. The predicted molar refractivity (Wildman–Crippen MR) is 105 cm³/mol. The first-order valence-corrected chi connectivity index (χ1v) is 8.46. The fourth-order valence-corrected chi connectivity index (χ4v) is 2.80. The zero-order chi connectivity index (χ0) is 19.2. The Morgan fingerprint density at radius 3 is 2.41 bits per heavy atom. The lowest BCUT2D eigenvalue weighted by molar-refractivity contribution is -0.384. The maximum atomic E-state index is 11.2. The molecule has 0 aromatic heterocycles. The molecule has 3 rings (SSSR count). The van der Waals surface area contributed by atoms with Gasteiger partial charge in [0.2, 0.25) is 0 Å². The molecule has 0 aliphatic rings. The smallest absolute Gasteiger partial charge is 0.292 e. The lowest BCUT2D eigenvalue weighted by Crippen LogP contribution is -2.03. The highest BCUT2D eigenvalue weighted by molar-refractivity contribution is 5.66. The number of nitrogens with zero attached hydrogens (tertiary/aromatic N) is 1. The van der Waals surface area contributed by atoms with Crippen LogP contribution in [0.25, 0.3) is 11.1 Å². The molecule has 0 fully saturated rings. The summed E-state index contributed by atoms with van der Waals surface area (Å²) in [5.74, 6) is 0.800. The van der Waals surface area contributed by atoms with E-state index in [-0.39, 0.29) is 12.3 Å². The minimum atomic E-state index is -0.435. The Labute approximate surface area is 157 Å². The predicted octanol–water partition coefficient (Wildman–Crippen LogP) is 4.37. The highest BCUT2D eigenvalue weighted by Crippen LogP contribution is 2.27. The SMILES string of the molecule is COc1cccc(-c2ccc(CNc3cc(CO)ccc3[N+](=O)[O-])cc2)c1. The van der Waals surface area contributed by atoms with Crippen LogP contribution in [-0.4, -0.2) is 17.1 Å². The molecule has 0 unspecified atom stereocenters. The van der Waals surface area contributed by atoms with E-state index in [0.717, 1.165) is 22.4 Å². The average Bonchev–Trinajstić information content (AvgIpc) is 2.72. The van der Waals surface area contributed by atoms with E-state index in [2.05, 4.69) is 5.32 Å². The average molecular weight is 364 g/mol. The Kier molecular flexibility index (Phi) is 5.68. The van der Waals surface area contributed by atoms with E-state index in [1.165, 1.54) is 6.07 Å². The quantitative estimate of drug-likeness (QED) is 0.480. The molecule has 0 aliphatic carbocycles. The van der Waals surface area contributed by atoms with Gasteiger partial charge < -0.3 is 15.2 Å². The summed E-state index contributed by atoms with van der Waals surface area (Å²) in [7, 11) is 1.64. The maximum Gasteiger partial charge on any atom is 0.292 e. The first-order chi connectivity index (χ1) is 13.1. The topological polar surface area (TPSA) is 84.6 Å². The van der Waals surface area contributed by atoms with Crippen LogP contribution >= 0.6 is 0 Å². The van der Waals surface area contributed by atoms with Crippen LogP contribution in [0.15, 0.2) is 66.7 Å². The number of nitro groups is 1. The number of rotatable bonds is 7. The fourth-order valence-electron chi connectivity index (χ4n) is 2.80. The van der Waals surface area contributed by atoms with Crippen molar-refractivity contribution < 1.29 is 14.8 Å². The summed E-state index contributed by atoms with van der Waals surface area (Å²) in [5.41, 5.74) is 4.11. The van der Waals surface area contributed by atoms with Crippen molar-refractivity contribution in [3.05, 3.63) is 88.0 Å². The Balaban J connectivity index is 1.75. The Morgan fingerprint density at radius 2 is 1.74 bits per heavy atom. The summed E-state index contributed by atoms with van der Waals surface area (Å²) in [4.78, 5) is 10.7. The second-order valence-corrected chi connectivity index (χ2v) is 6.05. The van der Waals surface area contributed by atoms with E-state index in [0.29, 0.717) is 17.8 Å². The first-order valence-electron chi connectivity index (χ1n) is 8.46. The van der Waals surface area contributed by atoms with Gasteiger partial charge in [-0.25, -0.2) is 0 Å². The zero-order valence-corrected chi connectivity index (χ0v) is 14.9. The van der Waals surface area contributed by atoms with Crippen molar-refractivity contribution >= 4 is 11.4 Å². The van der Waals surface area contributed by atoms with E-state index < -0.39 is 4.92 Å². The number of hydrogen-bond donors (Lipinski definition) is 2. The minimum absolute atomic E-state index is 0.0137. The van der Waals surface area contributed by atoms with E-state index in [1.54, 1.807) is 19.2 Å². The largest absolute Gasteiger partial charge is 0.497 e. The lowest BCUT2D eigenvalue weighted by atomic mass is 10.0. The molecule has 0 saturated carbocycles. The van der Waals surface area contributed by atoms with Crippen molar-refractivity contribution in [1.82, 2.24) is 0 Å². The number of methoxy groups -OCH3 is 1. The summed E-state index contributed by atoms with van der Waals surface area (Å²) in [6.45, 7) is 0.274. The van der Waals surface area contributed by atoms with Crippen molar-refractivity contribution in [1.29, 1.82) is 0 Å². The second-order valence-electron chi connectivity index (χ2n) is 6.05. The molecule has 27 heavy (non-hydrogen) atoms. The molecule has 2 N–H and O–H groups in total. The third kappa shape index (κ3) is 4.43. The van der Waals surface area contributed by atoms with Gasteiger partial charge in [0.25, 0.3) is 5.69 Å². The van der Waals surface area contributed by atoms with Crippen LogP contribution in [0.5, 0.6) is 5.75 Å². The van der Waals surface area contributed by atoms with Crippen molar-refractivity contribution in [3.8, 4) is 16.9 Å². The van der Waals surface area contributed by atoms with Gasteiger partial charge in [-0.15, -0.1) is 0 Å². The van der Waals surface area contributed by atoms with Gasteiger partial charge in [-0.3, -0.25) is 10.1 Å². The van der Waals surface area contributed by atoms with Crippen molar-refractivity contribution in [2.24, 2.45) is 0 Å². The van der Waals surface area contributed by atoms with Gasteiger partial charge in [-0.05, 0) is 46.5 Å². The van der Waals surface area contributed by atoms with Crippen LogP contribution < -0.4 is 10.1 Å². The molecule has 0 atom stereocenters. The van der Waals surface area contributed by atoms with E-state index in [1.807, 2.05) is 48.5 Å². The number of benzene rings is 3. The number of aliphatic hydroxyl groups excluding tert-OH is 1.